The van der Waals surface area contributed by atoms with E-state index in [0.717, 1.165) is 41.1 Å². The highest BCUT2D eigenvalue weighted by Crippen LogP contribution is 2.53. The van der Waals surface area contributed by atoms with Gasteiger partial charge in [0, 0.05) is 12.1 Å². The first-order chi connectivity index (χ1) is 17.6. The monoisotopic (exact) mass is 581 g/mol. The molecule has 1 aliphatic carbocycles. The second-order valence-corrected chi connectivity index (χ2v) is 16.5. The molecule has 10 heteroatoms. The summed E-state index contributed by atoms with van der Waals surface area (Å²) in [6.07, 6.45) is 3.81. The van der Waals surface area contributed by atoms with E-state index in [1.807, 2.05) is 44.3 Å². The molecule has 0 unspecified atom stereocenters. The third kappa shape index (κ3) is 4.97. The van der Waals surface area contributed by atoms with Gasteiger partial charge in [-0.05, 0) is 62.2 Å². The molecule has 3 heterocycles. The maximum Gasteiger partial charge on any atom is 0.192 e. The first kappa shape index (κ1) is 27.4. The van der Waals surface area contributed by atoms with Crippen LogP contribution in [0.1, 0.15) is 58.7 Å². The summed E-state index contributed by atoms with van der Waals surface area (Å²) in [5, 5.41) is 2.34. The number of ether oxygens (including phenoxy) is 2. The lowest BCUT2D eigenvalue weighted by Gasteiger charge is -2.38. The zero-order chi connectivity index (χ0) is 26.5. The van der Waals surface area contributed by atoms with Crippen molar-refractivity contribution in [2.45, 2.75) is 89.3 Å². The van der Waals surface area contributed by atoms with Gasteiger partial charge in [0.1, 0.15) is 23.2 Å². The van der Waals surface area contributed by atoms with Gasteiger partial charge in [0.05, 0.1) is 33.7 Å². The minimum Gasteiger partial charge on any atom is -0.410 e. The van der Waals surface area contributed by atoms with Crippen LogP contribution in [0.4, 0.5) is 0 Å². The molecule has 2 aromatic heterocycles. The lowest BCUT2D eigenvalue weighted by atomic mass is 9.92. The summed E-state index contributed by atoms with van der Waals surface area (Å²) in [6.45, 7) is 10.7. The Hall–Kier alpha value is -1.19. The predicted octanol–water partition coefficient (Wildman–Crippen LogP) is 8.24. The van der Waals surface area contributed by atoms with Crippen molar-refractivity contribution in [2.75, 3.05) is 0 Å². The third-order valence-electron chi connectivity index (χ3n) is 8.27. The number of nitrogens with zero attached hydrogens (tertiary/aromatic N) is 3. The molecule has 1 aromatic carbocycles. The van der Waals surface area contributed by atoms with Crippen molar-refractivity contribution in [1.29, 1.82) is 0 Å². The zero-order valence-electron chi connectivity index (χ0n) is 21.9. The highest BCUT2D eigenvalue weighted by Gasteiger charge is 2.57. The van der Waals surface area contributed by atoms with Crippen LogP contribution >= 0.6 is 34.8 Å². The zero-order valence-corrected chi connectivity index (χ0v) is 25.1. The van der Waals surface area contributed by atoms with Gasteiger partial charge in [-0.25, -0.2) is 9.97 Å². The van der Waals surface area contributed by atoms with Crippen molar-refractivity contribution < 1.29 is 13.9 Å². The minimum atomic E-state index is -2.00. The fraction of sp³-hybridized carbons (Fsp3) is 0.556. The van der Waals surface area contributed by atoms with Crippen LogP contribution in [-0.2, 0) is 13.9 Å². The van der Waals surface area contributed by atoms with E-state index >= 15 is 0 Å². The van der Waals surface area contributed by atoms with E-state index in [4.69, 9.17) is 48.7 Å². The van der Waals surface area contributed by atoms with E-state index in [0.29, 0.717) is 15.2 Å². The van der Waals surface area contributed by atoms with Crippen molar-refractivity contribution in [2.24, 2.45) is 5.92 Å². The molecule has 6 nitrogen and oxygen atoms in total. The molecule has 200 valence electrons. The van der Waals surface area contributed by atoms with E-state index in [-0.39, 0.29) is 30.3 Å². The number of halogens is 3. The van der Waals surface area contributed by atoms with Gasteiger partial charge in [-0.3, -0.25) is 0 Å². The van der Waals surface area contributed by atoms with Gasteiger partial charge in [-0.15, -0.1) is 0 Å². The molecule has 0 N–H and O–H groups in total. The van der Waals surface area contributed by atoms with Gasteiger partial charge in [0.25, 0.3) is 0 Å². The van der Waals surface area contributed by atoms with Crippen LogP contribution in [0.5, 0.6) is 0 Å². The third-order valence-corrected chi connectivity index (χ3v) is 13.9. The molecule has 1 saturated carbocycles. The van der Waals surface area contributed by atoms with Gasteiger partial charge >= 0.3 is 0 Å². The van der Waals surface area contributed by atoms with Crippen molar-refractivity contribution in [3.05, 3.63) is 57.6 Å². The molecule has 0 bridgehead atoms. The Morgan fingerprint density at radius 1 is 1.03 bits per heavy atom. The average molecular weight is 583 g/mol. The molecule has 3 aromatic rings. The summed E-state index contributed by atoms with van der Waals surface area (Å²) < 4.78 is 22.6. The van der Waals surface area contributed by atoms with Gasteiger partial charge in [0.2, 0.25) is 0 Å². The molecule has 1 saturated heterocycles. The summed E-state index contributed by atoms with van der Waals surface area (Å²) in [6, 6.07) is 11.0. The summed E-state index contributed by atoms with van der Waals surface area (Å²) in [7, 11) is -2.00. The quantitative estimate of drug-likeness (QED) is 0.198. The summed E-state index contributed by atoms with van der Waals surface area (Å²) in [4.78, 5) is 8.71. The number of fused-ring (bicyclic) bond motifs is 2. The molecular weight excluding hydrogens is 549 g/mol. The Morgan fingerprint density at radius 3 is 2.41 bits per heavy atom. The second-order valence-electron chi connectivity index (χ2n) is 10.6. The van der Waals surface area contributed by atoms with Crippen LogP contribution in [0.3, 0.4) is 0 Å². The van der Waals surface area contributed by atoms with Crippen LogP contribution < -0.4 is 0 Å². The van der Waals surface area contributed by atoms with Crippen molar-refractivity contribution in [1.82, 2.24) is 14.5 Å². The first-order valence-electron chi connectivity index (χ1n) is 13.1. The number of rotatable bonds is 8. The van der Waals surface area contributed by atoms with Crippen molar-refractivity contribution in [3.8, 4) is 0 Å². The summed E-state index contributed by atoms with van der Waals surface area (Å²) in [5.41, 5.74) is 1.83. The first-order valence-corrected chi connectivity index (χ1v) is 16.7. The SMILES string of the molecule is CC[Si](CC)(CC)O[C@H](c1ccc(Cl)c(Cl)c1)[C@H]1C[C@@H](n2ccc3c(Cl)ncnc32)[C@@H]2OC(C)(C)O[C@H]12. The Kier molecular flexibility index (Phi) is 7.71. The Balaban J connectivity index is 1.60. The van der Waals surface area contributed by atoms with Crippen LogP contribution in [0, 0.1) is 5.92 Å². The number of benzene rings is 1. The molecular formula is C27H34Cl3N3O3Si. The average Bonchev–Trinajstić information content (AvgIpc) is 3.54. The molecule has 2 fully saturated rings. The van der Waals surface area contributed by atoms with Gasteiger partial charge in [-0.2, -0.15) is 0 Å². The van der Waals surface area contributed by atoms with Gasteiger partial charge in [-0.1, -0.05) is 61.6 Å². The van der Waals surface area contributed by atoms with Crippen molar-refractivity contribution in [3.63, 3.8) is 0 Å². The van der Waals surface area contributed by atoms with Crippen LogP contribution in [-0.4, -0.2) is 40.8 Å². The molecule has 0 amide bonds. The normalized spacial score (nSPS) is 26.1. The van der Waals surface area contributed by atoms with Crippen molar-refractivity contribution >= 4 is 54.2 Å². The predicted molar refractivity (Wildman–Crippen MR) is 151 cm³/mol. The standard InChI is InChI=1S/C27H34Cl3N3O3Si/c1-6-37(7-2,8-3)36-22(16-9-10-19(28)20(29)13-16)18-14-21(24-23(18)34-27(4,5)35-24)33-12-11-17-25(30)31-15-32-26(17)33/h9-13,15,18,21-24H,6-8,14H2,1-5H3/t18-,21-,22-,23-,24+/m1/s1. The molecule has 0 spiro atoms. The number of hydrogen-bond donors (Lipinski definition) is 0. The van der Waals surface area contributed by atoms with E-state index in [2.05, 4.69) is 35.3 Å². The maximum atomic E-state index is 7.24. The summed E-state index contributed by atoms with van der Waals surface area (Å²) >= 11 is 19.2. The summed E-state index contributed by atoms with van der Waals surface area (Å²) in [5.74, 6) is -0.668. The highest BCUT2D eigenvalue weighted by molar-refractivity contribution is 6.73. The molecule has 1 aliphatic heterocycles. The number of aromatic nitrogens is 3. The largest absolute Gasteiger partial charge is 0.410 e. The van der Waals surface area contributed by atoms with E-state index in [1.54, 1.807) is 0 Å². The lowest BCUT2D eigenvalue weighted by Crippen LogP contribution is -2.41. The smallest absolute Gasteiger partial charge is 0.192 e. The minimum absolute atomic E-state index is 0.00457. The Morgan fingerprint density at radius 2 is 1.73 bits per heavy atom. The Bertz CT molecular complexity index is 1270. The highest BCUT2D eigenvalue weighted by atomic mass is 35.5. The lowest BCUT2D eigenvalue weighted by molar-refractivity contribution is -0.164. The second kappa shape index (κ2) is 10.4. The fourth-order valence-corrected chi connectivity index (χ4v) is 9.48. The van der Waals surface area contributed by atoms with E-state index in [9.17, 15) is 0 Å². The van der Waals surface area contributed by atoms with Gasteiger partial charge < -0.3 is 18.5 Å². The van der Waals surface area contributed by atoms with E-state index < -0.39 is 14.1 Å². The van der Waals surface area contributed by atoms with Crippen LogP contribution in [0.15, 0.2) is 36.8 Å². The number of hydrogen-bond acceptors (Lipinski definition) is 5. The van der Waals surface area contributed by atoms with Crippen LogP contribution in [0.2, 0.25) is 33.3 Å². The molecule has 0 radical (unpaired) electrons. The fourth-order valence-electron chi connectivity index (χ4n) is 6.13. The van der Waals surface area contributed by atoms with Gasteiger partial charge in [0.15, 0.2) is 14.1 Å². The molecule has 2 aliphatic rings. The Labute approximate surface area is 234 Å². The topological polar surface area (TPSA) is 58.4 Å². The maximum absolute atomic E-state index is 7.24. The van der Waals surface area contributed by atoms with E-state index in [1.165, 1.54) is 6.33 Å². The molecule has 5 rings (SSSR count). The van der Waals surface area contributed by atoms with Crippen LogP contribution in [0.25, 0.3) is 11.0 Å². The molecule has 5 atom stereocenters. The molecule has 37 heavy (non-hydrogen) atoms.